The van der Waals surface area contributed by atoms with E-state index in [1.165, 1.54) is 52.4 Å². The van der Waals surface area contributed by atoms with Crippen LogP contribution >= 0.6 is 11.3 Å². The van der Waals surface area contributed by atoms with E-state index in [9.17, 15) is 0 Å². The maximum atomic E-state index is 4.81. The summed E-state index contributed by atoms with van der Waals surface area (Å²) in [4.78, 5) is 6.15. The van der Waals surface area contributed by atoms with Crippen LogP contribution in [0.2, 0.25) is 0 Å². The Labute approximate surface area is 130 Å². The van der Waals surface area contributed by atoms with Crippen LogP contribution in [0.5, 0.6) is 0 Å². The van der Waals surface area contributed by atoms with E-state index < -0.39 is 0 Å². The fraction of sp³-hybridized carbons (Fsp3) is 0.500. The van der Waals surface area contributed by atoms with Crippen molar-refractivity contribution in [1.82, 2.24) is 10.3 Å². The Kier molecular flexibility index (Phi) is 3.35. The molecule has 21 heavy (non-hydrogen) atoms. The zero-order valence-electron chi connectivity index (χ0n) is 12.7. The number of aromatic nitrogens is 1. The minimum absolute atomic E-state index is 0.272. The number of aryl methyl sites for hydroxylation is 2. The first-order valence-electron chi connectivity index (χ1n) is 8.00. The third-order valence-corrected chi connectivity index (χ3v) is 5.70. The third kappa shape index (κ3) is 2.90. The lowest BCUT2D eigenvalue weighted by atomic mass is 10.0. The van der Waals surface area contributed by atoms with Gasteiger partial charge < -0.3 is 5.32 Å². The summed E-state index contributed by atoms with van der Waals surface area (Å²) in [6, 6.07) is 10.1. The fourth-order valence-electron chi connectivity index (χ4n) is 2.83. The maximum absolute atomic E-state index is 4.81. The second-order valence-corrected chi connectivity index (χ2v) is 7.75. The summed E-state index contributed by atoms with van der Waals surface area (Å²) in [5, 5.41) is 5.03. The zero-order chi connectivity index (χ0) is 14.4. The molecule has 2 fully saturated rings. The molecule has 0 amide bonds. The van der Waals surface area contributed by atoms with Crippen LogP contribution in [-0.4, -0.2) is 11.0 Å². The first kappa shape index (κ1) is 13.5. The molecule has 2 aromatic rings. The lowest BCUT2D eigenvalue weighted by Crippen LogP contribution is -2.24. The summed E-state index contributed by atoms with van der Waals surface area (Å²) in [5.41, 5.74) is 4.08. The number of thiazole rings is 1. The molecule has 1 heterocycles. The highest BCUT2D eigenvalue weighted by Crippen LogP contribution is 2.41. The van der Waals surface area contributed by atoms with Crippen molar-refractivity contribution in [2.24, 2.45) is 0 Å². The van der Waals surface area contributed by atoms with Gasteiger partial charge in [-0.1, -0.05) is 24.3 Å². The number of nitrogens with one attached hydrogen (secondary N) is 1. The van der Waals surface area contributed by atoms with E-state index >= 15 is 0 Å². The minimum Gasteiger partial charge on any atom is -0.301 e. The lowest BCUT2D eigenvalue weighted by molar-refractivity contribution is 0.597. The Hall–Kier alpha value is -1.19. The van der Waals surface area contributed by atoms with Crippen LogP contribution in [0.3, 0.4) is 0 Å². The number of rotatable bonds is 5. The Morgan fingerprint density at radius 3 is 2.62 bits per heavy atom. The molecular weight excluding hydrogens is 276 g/mol. The second-order valence-electron chi connectivity index (χ2n) is 6.51. The smallest absolute Gasteiger partial charge is 0.115 e. The average Bonchev–Trinajstić information content (AvgIpc) is 3.38. The van der Waals surface area contributed by atoms with Gasteiger partial charge in [-0.2, -0.15) is 0 Å². The van der Waals surface area contributed by atoms with E-state index in [0.717, 1.165) is 5.92 Å². The monoisotopic (exact) mass is 298 g/mol. The van der Waals surface area contributed by atoms with Gasteiger partial charge >= 0.3 is 0 Å². The Morgan fingerprint density at radius 1 is 1.19 bits per heavy atom. The molecule has 0 bridgehead atoms. The van der Waals surface area contributed by atoms with Gasteiger partial charge in [0.25, 0.3) is 0 Å². The molecule has 2 nitrogen and oxygen atoms in total. The molecule has 2 saturated carbocycles. The zero-order valence-corrected chi connectivity index (χ0v) is 13.5. The molecule has 0 spiro atoms. The fourth-order valence-corrected chi connectivity index (χ4v) is 3.84. The summed E-state index contributed by atoms with van der Waals surface area (Å²) in [6.45, 7) is 4.29. The van der Waals surface area contributed by atoms with Crippen LogP contribution < -0.4 is 5.32 Å². The highest BCUT2D eigenvalue weighted by molar-refractivity contribution is 7.11. The molecule has 1 aromatic carbocycles. The molecule has 2 aliphatic rings. The van der Waals surface area contributed by atoms with Crippen molar-refractivity contribution in [3.05, 3.63) is 51.0 Å². The van der Waals surface area contributed by atoms with Gasteiger partial charge in [0.05, 0.1) is 11.7 Å². The molecule has 1 unspecified atom stereocenters. The molecular formula is C18H22N2S. The van der Waals surface area contributed by atoms with Gasteiger partial charge in [0.1, 0.15) is 5.01 Å². The molecule has 0 saturated heterocycles. The number of benzene rings is 1. The van der Waals surface area contributed by atoms with Crippen molar-refractivity contribution < 1.29 is 0 Å². The van der Waals surface area contributed by atoms with Gasteiger partial charge in [-0.25, -0.2) is 4.98 Å². The van der Waals surface area contributed by atoms with Crippen LogP contribution in [0, 0.1) is 13.8 Å². The van der Waals surface area contributed by atoms with Gasteiger partial charge in [0.2, 0.25) is 0 Å². The van der Waals surface area contributed by atoms with Crippen molar-refractivity contribution in [3.8, 4) is 0 Å². The average molecular weight is 298 g/mol. The summed E-state index contributed by atoms with van der Waals surface area (Å²) in [5.74, 6) is 0.811. The van der Waals surface area contributed by atoms with Gasteiger partial charge in [-0.3, -0.25) is 0 Å². The van der Waals surface area contributed by atoms with Gasteiger partial charge in [-0.05, 0) is 56.6 Å². The van der Waals surface area contributed by atoms with Crippen LogP contribution in [-0.2, 0) is 0 Å². The maximum Gasteiger partial charge on any atom is 0.115 e. The van der Waals surface area contributed by atoms with E-state index in [4.69, 9.17) is 4.98 Å². The van der Waals surface area contributed by atoms with Gasteiger partial charge in [0, 0.05) is 10.9 Å². The number of hydrogen-bond donors (Lipinski definition) is 1. The summed E-state index contributed by atoms with van der Waals surface area (Å²) >= 11 is 1.84. The molecule has 1 aromatic heterocycles. The topological polar surface area (TPSA) is 24.9 Å². The minimum atomic E-state index is 0.272. The van der Waals surface area contributed by atoms with E-state index in [2.05, 4.69) is 43.4 Å². The molecule has 2 aliphatic carbocycles. The van der Waals surface area contributed by atoms with Crippen molar-refractivity contribution in [2.45, 2.75) is 57.5 Å². The summed E-state index contributed by atoms with van der Waals surface area (Å²) in [6.07, 6.45) is 5.34. The second kappa shape index (κ2) is 5.22. The Bertz CT molecular complexity index is 633. The summed E-state index contributed by atoms with van der Waals surface area (Å²) in [7, 11) is 0. The van der Waals surface area contributed by atoms with Crippen LogP contribution in [0.4, 0.5) is 0 Å². The van der Waals surface area contributed by atoms with Crippen LogP contribution in [0.25, 0.3) is 0 Å². The molecule has 1 atom stereocenters. The molecule has 0 aliphatic heterocycles. The van der Waals surface area contributed by atoms with Gasteiger partial charge in [-0.15, -0.1) is 11.3 Å². The van der Waals surface area contributed by atoms with Crippen molar-refractivity contribution in [2.75, 3.05) is 0 Å². The first-order valence-corrected chi connectivity index (χ1v) is 8.82. The highest BCUT2D eigenvalue weighted by atomic mass is 32.1. The molecule has 4 rings (SSSR count). The first-order chi connectivity index (χ1) is 10.2. The van der Waals surface area contributed by atoms with E-state index in [1.807, 2.05) is 11.3 Å². The summed E-state index contributed by atoms with van der Waals surface area (Å²) < 4.78 is 0. The molecule has 110 valence electrons. The number of hydrogen-bond acceptors (Lipinski definition) is 3. The van der Waals surface area contributed by atoms with Gasteiger partial charge in [0.15, 0.2) is 0 Å². The molecule has 3 heteroatoms. The predicted octanol–water partition coefficient (Wildman–Crippen LogP) is 4.48. The number of nitrogens with zero attached hydrogens (tertiary/aromatic N) is 1. The standard InChI is InChI=1S/C18H22N2S/c1-11-12(2)21-18(19-11)17(20-16-8-9-16)15-5-3-4-14(10-15)13-6-7-13/h3-5,10,13,16-17,20H,6-9H2,1-2H3. The Morgan fingerprint density at radius 2 is 2.00 bits per heavy atom. The van der Waals surface area contributed by atoms with E-state index in [-0.39, 0.29) is 6.04 Å². The predicted molar refractivity (Wildman–Crippen MR) is 88.0 cm³/mol. The third-order valence-electron chi connectivity index (χ3n) is 4.56. The van der Waals surface area contributed by atoms with Crippen molar-refractivity contribution in [3.63, 3.8) is 0 Å². The SMILES string of the molecule is Cc1nc(C(NC2CC2)c2cccc(C3CC3)c2)sc1C. The lowest BCUT2D eigenvalue weighted by Gasteiger charge is -2.17. The van der Waals surface area contributed by atoms with Crippen LogP contribution in [0.15, 0.2) is 24.3 Å². The molecule has 0 radical (unpaired) electrons. The normalized spacial score (nSPS) is 19.7. The van der Waals surface area contributed by atoms with E-state index in [1.54, 1.807) is 0 Å². The Balaban J connectivity index is 1.69. The highest BCUT2D eigenvalue weighted by Gasteiger charge is 2.29. The molecule has 1 N–H and O–H groups in total. The quantitative estimate of drug-likeness (QED) is 0.880. The van der Waals surface area contributed by atoms with Crippen molar-refractivity contribution in [1.29, 1.82) is 0 Å². The van der Waals surface area contributed by atoms with E-state index in [0.29, 0.717) is 6.04 Å². The van der Waals surface area contributed by atoms with Crippen LogP contribution in [0.1, 0.15) is 64.3 Å². The largest absolute Gasteiger partial charge is 0.301 e. The van der Waals surface area contributed by atoms with Crippen molar-refractivity contribution >= 4 is 11.3 Å².